The van der Waals surface area contributed by atoms with Crippen molar-refractivity contribution in [1.82, 2.24) is 14.7 Å². The summed E-state index contributed by atoms with van der Waals surface area (Å²) in [6.45, 7) is 4.86. The minimum absolute atomic E-state index is 0.0957. The molecule has 1 saturated heterocycles. The minimum atomic E-state index is -0.331. The lowest BCUT2D eigenvalue weighted by atomic mass is 9.94. The van der Waals surface area contributed by atoms with Crippen molar-refractivity contribution in [2.45, 2.75) is 58.0 Å². The van der Waals surface area contributed by atoms with Gasteiger partial charge in [-0.25, -0.2) is 4.68 Å². The first-order chi connectivity index (χ1) is 16.1. The van der Waals surface area contributed by atoms with E-state index in [0.29, 0.717) is 0 Å². The maximum atomic E-state index is 11.5. The van der Waals surface area contributed by atoms with Gasteiger partial charge in [-0.1, -0.05) is 42.8 Å². The number of anilines is 1. The molecule has 7 nitrogen and oxygen atoms in total. The molecule has 1 unspecified atom stereocenters. The molecule has 2 aromatic carbocycles. The summed E-state index contributed by atoms with van der Waals surface area (Å²) in [5.41, 5.74) is 5.60. The Hall–Kier alpha value is -3.19. The summed E-state index contributed by atoms with van der Waals surface area (Å²) in [6, 6.07) is 15.9. The molecule has 0 saturated carbocycles. The van der Waals surface area contributed by atoms with Crippen LogP contribution in [0.5, 0.6) is 0 Å². The van der Waals surface area contributed by atoms with E-state index in [9.17, 15) is 10.1 Å². The lowest BCUT2D eigenvalue weighted by Crippen LogP contribution is -2.33. The topological polar surface area (TPSA) is 76.2 Å². The number of likely N-dealkylation sites (tertiary alicyclic amines) is 1. The Morgan fingerprint density at radius 2 is 1.97 bits per heavy atom. The molecule has 3 aromatic rings. The third-order valence-corrected chi connectivity index (χ3v) is 6.95. The molecule has 3 heterocycles. The average Bonchev–Trinajstić information content (AvgIpc) is 3.00. The van der Waals surface area contributed by atoms with Crippen molar-refractivity contribution >= 4 is 11.5 Å². The van der Waals surface area contributed by atoms with Crippen LogP contribution in [0.25, 0.3) is 5.69 Å². The second-order valence-electron chi connectivity index (χ2n) is 9.20. The van der Waals surface area contributed by atoms with Gasteiger partial charge in [-0.05, 0) is 56.7 Å². The van der Waals surface area contributed by atoms with Gasteiger partial charge in [0.15, 0.2) is 0 Å². The van der Waals surface area contributed by atoms with Crippen LogP contribution in [0.15, 0.2) is 48.5 Å². The first kappa shape index (κ1) is 21.6. The van der Waals surface area contributed by atoms with Gasteiger partial charge in [-0.2, -0.15) is 5.10 Å². The highest BCUT2D eigenvalue weighted by Crippen LogP contribution is 2.39. The van der Waals surface area contributed by atoms with Crippen molar-refractivity contribution in [1.29, 1.82) is 0 Å². The van der Waals surface area contributed by atoms with Gasteiger partial charge in [0.1, 0.15) is 5.82 Å². The second kappa shape index (κ2) is 9.35. The molecule has 0 radical (unpaired) electrons. The fraction of sp³-hybridized carbons (Fsp3) is 0.423. The highest BCUT2D eigenvalue weighted by Gasteiger charge is 2.32. The van der Waals surface area contributed by atoms with Crippen molar-refractivity contribution in [3.8, 4) is 5.69 Å². The Morgan fingerprint density at radius 1 is 1.12 bits per heavy atom. The fourth-order valence-corrected chi connectivity index (χ4v) is 5.22. The number of piperidine rings is 1. The predicted octanol–water partition coefficient (Wildman–Crippen LogP) is 5.56. The summed E-state index contributed by atoms with van der Waals surface area (Å²) < 4.78 is 1.94. The minimum Gasteiger partial charge on any atom is -0.370 e. The highest BCUT2D eigenvalue weighted by molar-refractivity contribution is 5.58. The number of nitro groups is 1. The third-order valence-electron chi connectivity index (χ3n) is 6.95. The summed E-state index contributed by atoms with van der Waals surface area (Å²) in [5.74, 6) is 1.01. The molecule has 1 fully saturated rings. The van der Waals surface area contributed by atoms with Crippen LogP contribution in [0.2, 0.25) is 0 Å². The monoisotopic (exact) mass is 445 g/mol. The van der Waals surface area contributed by atoms with Crippen LogP contribution < -0.4 is 5.32 Å². The fourth-order valence-electron chi connectivity index (χ4n) is 5.22. The summed E-state index contributed by atoms with van der Waals surface area (Å²) in [4.78, 5) is 13.7. The molecule has 0 aliphatic carbocycles. The molecular weight excluding hydrogens is 414 g/mol. The van der Waals surface area contributed by atoms with E-state index in [1.54, 1.807) is 12.1 Å². The average molecular weight is 446 g/mol. The van der Waals surface area contributed by atoms with Crippen molar-refractivity contribution in [3.05, 3.63) is 81.0 Å². The van der Waals surface area contributed by atoms with Gasteiger partial charge in [0.2, 0.25) is 0 Å². The quantitative estimate of drug-likeness (QED) is 0.411. The Bertz CT molecular complexity index is 1140. The van der Waals surface area contributed by atoms with Crippen LogP contribution in [-0.4, -0.2) is 32.7 Å². The molecule has 5 rings (SSSR count). The molecule has 1 atom stereocenters. The van der Waals surface area contributed by atoms with Crippen molar-refractivity contribution in [2.24, 2.45) is 0 Å². The largest absolute Gasteiger partial charge is 0.370 e. The number of nitrogens with one attached hydrogen (secondary N) is 1. The molecule has 2 aliphatic heterocycles. The summed E-state index contributed by atoms with van der Waals surface area (Å²) in [5, 5.41) is 20.2. The van der Waals surface area contributed by atoms with Gasteiger partial charge in [0, 0.05) is 30.8 Å². The first-order valence-electron chi connectivity index (χ1n) is 12.0. The number of hydrogen-bond donors (Lipinski definition) is 1. The normalized spacial score (nSPS) is 18.9. The summed E-state index contributed by atoms with van der Waals surface area (Å²) in [7, 11) is 0. The van der Waals surface area contributed by atoms with E-state index in [4.69, 9.17) is 5.10 Å². The highest BCUT2D eigenvalue weighted by atomic mass is 16.6. The number of aryl methyl sites for hydroxylation is 1. The lowest BCUT2D eigenvalue weighted by molar-refractivity contribution is -0.384. The van der Waals surface area contributed by atoms with Crippen molar-refractivity contribution < 1.29 is 4.92 Å². The van der Waals surface area contributed by atoms with Crippen LogP contribution >= 0.6 is 0 Å². The van der Waals surface area contributed by atoms with Crippen molar-refractivity contribution in [3.63, 3.8) is 0 Å². The molecule has 172 valence electrons. The molecule has 1 N–H and O–H groups in total. The number of rotatable bonds is 5. The maximum Gasteiger partial charge on any atom is 0.271 e. The molecule has 0 spiro atoms. The Morgan fingerprint density at radius 3 is 2.79 bits per heavy atom. The number of non-ortho nitro benzene ring substituents is 1. The van der Waals surface area contributed by atoms with Gasteiger partial charge < -0.3 is 5.32 Å². The van der Waals surface area contributed by atoms with E-state index in [-0.39, 0.29) is 16.7 Å². The molecule has 0 amide bonds. The molecule has 7 heteroatoms. The standard InChI is InChI=1S/C26H31N5O2/c1-19-13-14-21(31(32)33)17-24(19)30-26-22(11-5-7-15-27-26)25(28-30)23-12-6-8-16-29(23)18-20-9-3-2-4-10-20/h2-4,9-10,13-14,17,23,27H,5-8,11-12,15-16,18H2,1H3. The van der Waals surface area contributed by atoms with Gasteiger partial charge in [-0.15, -0.1) is 0 Å². The van der Waals surface area contributed by atoms with Crippen LogP contribution in [0.3, 0.4) is 0 Å². The van der Waals surface area contributed by atoms with Crippen LogP contribution in [0.1, 0.15) is 60.5 Å². The molecular formula is C26H31N5O2. The van der Waals surface area contributed by atoms with Crippen LogP contribution in [-0.2, 0) is 13.0 Å². The van der Waals surface area contributed by atoms with Gasteiger partial charge in [0.25, 0.3) is 5.69 Å². The number of hydrogen-bond acceptors (Lipinski definition) is 5. The molecule has 33 heavy (non-hydrogen) atoms. The van der Waals surface area contributed by atoms with E-state index >= 15 is 0 Å². The Kier molecular flexibility index (Phi) is 6.13. The lowest BCUT2D eigenvalue weighted by Gasteiger charge is -2.35. The first-order valence-corrected chi connectivity index (χ1v) is 12.0. The van der Waals surface area contributed by atoms with E-state index in [1.807, 2.05) is 17.7 Å². The molecule has 0 bridgehead atoms. The van der Waals surface area contributed by atoms with E-state index in [1.165, 1.54) is 24.0 Å². The zero-order valence-corrected chi connectivity index (χ0v) is 19.2. The summed E-state index contributed by atoms with van der Waals surface area (Å²) >= 11 is 0. The predicted molar refractivity (Wildman–Crippen MR) is 130 cm³/mol. The number of nitro benzene ring substituents is 1. The van der Waals surface area contributed by atoms with Crippen LogP contribution in [0, 0.1) is 17.0 Å². The Labute approximate surface area is 194 Å². The zero-order valence-electron chi connectivity index (χ0n) is 19.2. The third kappa shape index (κ3) is 4.37. The van der Waals surface area contributed by atoms with Crippen LogP contribution in [0.4, 0.5) is 11.5 Å². The maximum absolute atomic E-state index is 11.5. The number of aromatic nitrogens is 2. The molecule has 2 aliphatic rings. The number of benzene rings is 2. The summed E-state index contributed by atoms with van der Waals surface area (Å²) in [6.07, 6.45) is 6.71. The second-order valence-corrected chi connectivity index (χ2v) is 9.20. The Balaban J connectivity index is 1.59. The van der Waals surface area contributed by atoms with Gasteiger partial charge in [-0.3, -0.25) is 15.0 Å². The van der Waals surface area contributed by atoms with Crippen molar-refractivity contribution in [2.75, 3.05) is 18.4 Å². The van der Waals surface area contributed by atoms with E-state index in [0.717, 1.165) is 68.1 Å². The van der Waals surface area contributed by atoms with E-state index < -0.39 is 0 Å². The number of nitrogens with zero attached hydrogens (tertiary/aromatic N) is 4. The SMILES string of the molecule is Cc1ccc([N+](=O)[O-])cc1-n1nc(C2CCCCN2Cc2ccccc2)c2c1NCCCC2. The van der Waals surface area contributed by atoms with E-state index in [2.05, 4.69) is 40.5 Å². The van der Waals surface area contributed by atoms with Gasteiger partial charge in [0.05, 0.1) is 22.3 Å². The molecule has 1 aromatic heterocycles. The smallest absolute Gasteiger partial charge is 0.271 e. The zero-order chi connectivity index (χ0) is 22.8. The van der Waals surface area contributed by atoms with Gasteiger partial charge >= 0.3 is 0 Å². The number of fused-ring (bicyclic) bond motifs is 1.